The first-order valence-corrected chi connectivity index (χ1v) is 8.71. The second kappa shape index (κ2) is 6.36. The molecule has 0 radical (unpaired) electrons. The highest BCUT2D eigenvalue weighted by molar-refractivity contribution is 9.10. The van der Waals surface area contributed by atoms with Gasteiger partial charge in [0.15, 0.2) is 0 Å². The summed E-state index contributed by atoms with van der Waals surface area (Å²) in [5.74, 6) is 0. The van der Waals surface area contributed by atoms with Gasteiger partial charge in [-0.25, -0.2) is 8.42 Å². The molecule has 0 aromatic heterocycles. The predicted molar refractivity (Wildman–Crippen MR) is 87.0 cm³/mol. The van der Waals surface area contributed by atoms with Gasteiger partial charge in [0.25, 0.3) is 10.0 Å². The molecule has 0 spiro atoms. The van der Waals surface area contributed by atoms with Crippen molar-refractivity contribution < 1.29 is 13.5 Å². The van der Waals surface area contributed by atoms with Crippen LogP contribution in [0.5, 0.6) is 0 Å². The SMILES string of the molecule is CC(O)c1ccc(S(=O)(=O)Nc2ccc(Br)cc2Cl)cc1. The minimum Gasteiger partial charge on any atom is -0.389 e. The van der Waals surface area contributed by atoms with Crippen LogP contribution in [0.4, 0.5) is 5.69 Å². The fourth-order valence-corrected chi connectivity index (χ4v) is 3.56. The summed E-state index contributed by atoms with van der Waals surface area (Å²) in [7, 11) is -3.72. The Balaban J connectivity index is 2.29. The second-order valence-corrected chi connectivity index (χ2v) is 7.48. The van der Waals surface area contributed by atoms with E-state index in [9.17, 15) is 13.5 Å². The van der Waals surface area contributed by atoms with E-state index in [4.69, 9.17) is 11.6 Å². The summed E-state index contributed by atoms with van der Waals surface area (Å²) in [6.45, 7) is 1.61. The third-order valence-corrected chi connectivity index (χ3v) is 5.04. The fraction of sp³-hybridized carbons (Fsp3) is 0.143. The van der Waals surface area contributed by atoms with Crippen molar-refractivity contribution in [1.29, 1.82) is 0 Å². The highest BCUT2D eigenvalue weighted by atomic mass is 79.9. The quantitative estimate of drug-likeness (QED) is 0.830. The molecule has 2 aromatic carbocycles. The summed E-state index contributed by atoms with van der Waals surface area (Å²) in [6, 6.07) is 10.9. The molecule has 0 saturated carbocycles. The van der Waals surface area contributed by atoms with Crippen molar-refractivity contribution in [2.75, 3.05) is 4.72 Å². The molecular weight excluding hydrogens is 378 g/mol. The molecule has 2 aromatic rings. The summed E-state index contributed by atoms with van der Waals surface area (Å²) in [4.78, 5) is 0.103. The largest absolute Gasteiger partial charge is 0.389 e. The number of aliphatic hydroxyl groups is 1. The van der Waals surface area contributed by atoms with E-state index in [1.165, 1.54) is 12.1 Å². The second-order valence-electron chi connectivity index (χ2n) is 4.47. The summed E-state index contributed by atoms with van der Waals surface area (Å²) < 4.78 is 27.7. The topological polar surface area (TPSA) is 66.4 Å². The summed E-state index contributed by atoms with van der Waals surface area (Å²) in [6.07, 6.45) is -0.643. The minimum absolute atomic E-state index is 0.103. The van der Waals surface area contributed by atoms with Crippen LogP contribution >= 0.6 is 27.5 Å². The lowest BCUT2D eigenvalue weighted by molar-refractivity contribution is 0.199. The smallest absolute Gasteiger partial charge is 0.261 e. The molecule has 0 saturated heterocycles. The Morgan fingerprint density at radius 3 is 2.33 bits per heavy atom. The highest BCUT2D eigenvalue weighted by Crippen LogP contribution is 2.28. The predicted octanol–water partition coefficient (Wildman–Crippen LogP) is 3.96. The zero-order valence-electron chi connectivity index (χ0n) is 11.0. The van der Waals surface area contributed by atoms with E-state index in [-0.39, 0.29) is 4.90 Å². The first kappa shape index (κ1) is 16.3. The molecule has 7 heteroatoms. The lowest BCUT2D eigenvalue weighted by Gasteiger charge is -2.11. The average molecular weight is 391 g/mol. The monoisotopic (exact) mass is 389 g/mol. The molecule has 4 nitrogen and oxygen atoms in total. The van der Waals surface area contributed by atoms with Crippen molar-refractivity contribution in [3.8, 4) is 0 Å². The minimum atomic E-state index is -3.72. The number of rotatable bonds is 4. The molecular formula is C14H13BrClNO3S. The van der Waals surface area contributed by atoms with E-state index >= 15 is 0 Å². The van der Waals surface area contributed by atoms with Gasteiger partial charge in [-0.3, -0.25) is 4.72 Å². The van der Waals surface area contributed by atoms with Crippen LogP contribution in [0.15, 0.2) is 51.8 Å². The van der Waals surface area contributed by atoms with Crippen LogP contribution in [0.1, 0.15) is 18.6 Å². The van der Waals surface area contributed by atoms with E-state index in [0.29, 0.717) is 16.3 Å². The highest BCUT2D eigenvalue weighted by Gasteiger charge is 2.16. The van der Waals surface area contributed by atoms with Crippen LogP contribution in [0.3, 0.4) is 0 Å². The Bertz CT molecular complexity index is 745. The van der Waals surface area contributed by atoms with Crippen molar-refractivity contribution in [2.24, 2.45) is 0 Å². The molecule has 21 heavy (non-hydrogen) atoms. The van der Waals surface area contributed by atoms with Gasteiger partial charge in [0.1, 0.15) is 0 Å². The van der Waals surface area contributed by atoms with Crippen LogP contribution in [-0.2, 0) is 10.0 Å². The van der Waals surface area contributed by atoms with Gasteiger partial charge in [-0.05, 0) is 42.8 Å². The summed E-state index contributed by atoms with van der Waals surface area (Å²) in [5.41, 5.74) is 0.954. The van der Waals surface area contributed by atoms with Gasteiger partial charge >= 0.3 is 0 Å². The first-order valence-electron chi connectivity index (χ1n) is 6.05. The lowest BCUT2D eigenvalue weighted by Crippen LogP contribution is -2.13. The fourth-order valence-electron chi connectivity index (χ4n) is 1.70. The van der Waals surface area contributed by atoms with Crippen molar-refractivity contribution in [3.63, 3.8) is 0 Å². The molecule has 0 aliphatic heterocycles. The van der Waals surface area contributed by atoms with Gasteiger partial charge in [0.05, 0.1) is 21.7 Å². The third kappa shape index (κ3) is 3.97. The number of halogens is 2. The molecule has 0 bridgehead atoms. The molecule has 0 aliphatic carbocycles. The maximum Gasteiger partial charge on any atom is 0.261 e. The van der Waals surface area contributed by atoms with Crippen LogP contribution in [0.25, 0.3) is 0 Å². The molecule has 2 rings (SSSR count). The average Bonchev–Trinajstić information content (AvgIpc) is 2.42. The van der Waals surface area contributed by atoms with Crippen LogP contribution < -0.4 is 4.72 Å². The van der Waals surface area contributed by atoms with E-state index < -0.39 is 16.1 Å². The molecule has 0 fully saturated rings. The molecule has 0 amide bonds. The molecule has 0 aliphatic rings. The molecule has 0 heterocycles. The van der Waals surface area contributed by atoms with Gasteiger partial charge in [-0.15, -0.1) is 0 Å². The van der Waals surface area contributed by atoms with Crippen LogP contribution in [-0.4, -0.2) is 13.5 Å². The Morgan fingerprint density at radius 2 is 1.81 bits per heavy atom. The number of hydrogen-bond donors (Lipinski definition) is 2. The molecule has 2 N–H and O–H groups in total. The van der Waals surface area contributed by atoms with Gasteiger partial charge < -0.3 is 5.11 Å². The molecule has 1 unspecified atom stereocenters. The van der Waals surface area contributed by atoms with Gasteiger partial charge in [-0.1, -0.05) is 39.7 Å². The zero-order chi connectivity index (χ0) is 15.6. The number of aliphatic hydroxyl groups excluding tert-OH is 1. The lowest BCUT2D eigenvalue weighted by atomic mass is 10.1. The normalized spacial score (nSPS) is 13.0. The van der Waals surface area contributed by atoms with E-state index in [1.807, 2.05) is 0 Å². The van der Waals surface area contributed by atoms with E-state index in [2.05, 4.69) is 20.7 Å². The number of hydrogen-bond acceptors (Lipinski definition) is 3. The molecule has 112 valence electrons. The zero-order valence-corrected chi connectivity index (χ0v) is 14.2. The number of benzene rings is 2. The van der Waals surface area contributed by atoms with Crippen molar-refractivity contribution in [3.05, 3.63) is 57.5 Å². The Labute approximate surface area is 136 Å². The molecule has 1 atom stereocenters. The maximum atomic E-state index is 12.3. The number of sulfonamides is 1. The number of anilines is 1. The van der Waals surface area contributed by atoms with Crippen LogP contribution in [0.2, 0.25) is 5.02 Å². The third-order valence-electron chi connectivity index (χ3n) is 2.85. The Morgan fingerprint density at radius 1 is 1.19 bits per heavy atom. The maximum absolute atomic E-state index is 12.3. The summed E-state index contributed by atoms with van der Waals surface area (Å²) in [5, 5.41) is 9.73. The standard InChI is InChI=1S/C14H13BrClNO3S/c1-9(18)10-2-5-12(6-3-10)21(19,20)17-14-7-4-11(15)8-13(14)16/h2-9,17-18H,1H3. The number of nitrogens with one attached hydrogen (secondary N) is 1. The van der Waals surface area contributed by atoms with Crippen molar-refractivity contribution >= 4 is 43.2 Å². The first-order chi connectivity index (χ1) is 9.79. The summed E-state index contributed by atoms with van der Waals surface area (Å²) >= 11 is 9.26. The van der Waals surface area contributed by atoms with Gasteiger partial charge in [-0.2, -0.15) is 0 Å². The van der Waals surface area contributed by atoms with E-state index in [0.717, 1.165) is 4.47 Å². The Hall–Kier alpha value is -1.08. The van der Waals surface area contributed by atoms with Gasteiger partial charge in [0, 0.05) is 4.47 Å². The Kier molecular flexibility index (Phi) is 4.93. The van der Waals surface area contributed by atoms with Crippen molar-refractivity contribution in [1.82, 2.24) is 0 Å². The van der Waals surface area contributed by atoms with Gasteiger partial charge in [0.2, 0.25) is 0 Å². The van der Waals surface area contributed by atoms with E-state index in [1.54, 1.807) is 37.3 Å². The van der Waals surface area contributed by atoms with Crippen molar-refractivity contribution in [2.45, 2.75) is 17.9 Å². The van der Waals surface area contributed by atoms with Crippen LogP contribution in [0, 0.1) is 0 Å².